The Labute approximate surface area is 153 Å². The number of hydrogen-bond donors (Lipinski definition) is 1. The van der Waals surface area contributed by atoms with E-state index in [0.717, 1.165) is 5.56 Å². The summed E-state index contributed by atoms with van der Waals surface area (Å²) in [6, 6.07) is 14.0. The molecule has 2 heterocycles. The number of amides is 2. The summed E-state index contributed by atoms with van der Waals surface area (Å²) in [4.78, 5) is 26.6. The maximum absolute atomic E-state index is 12.5. The first-order valence-electron chi connectivity index (χ1n) is 7.47. The van der Waals surface area contributed by atoms with Crippen LogP contribution in [0.2, 0.25) is 5.02 Å². The molecule has 0 spiro atoms. The van der Waals surface area contributed by atoms with Crippen LogP contribution in [0.4, 0.5) is 5.00 Å². The maximum atomic E-state index is 12.5. The van der Waals surface area contributed by atoms with E-state index in [-0.39, 0.29) is 17.6 Å². The van der Waals surface area contributed by atoms with Gasteiger partial charge in [-0.2, -0.15) is 0 Å². The van der Waals surface area contributed by atoms with Gasteiger partial charge in [0.25, 0.3) is 11.8 Å². The van der Waals surface area contributed by atoms with Crippen molar-refractivity contribution >= 4 is 39.8 Å². The summed E-state index contributed by atoms with van der Waals surface area (Å²) in [7, 11) is 1.73. The quantitative estimate of drug-likeness (QED) is 0.714. The van der Waals surface area contributed by atoms with Crippen LogP contribution in [0.1, 0.15) is 25.8 Å². The molecule has 0 aliphatic heterocycles. The zero-order valence-corrected chi connectivity index (χ0v) is 14.9. The van der Waals surface area contributed by atoms with Crippen LogP contribution in [-0.4, -0.2) is 23.8 Å². The van der Waals surface area contributed by atoms with E-state index in [9.17, 15) is 9.59 Å². The Morgan fingerprint density at radius 3 is 2.76 bits per heavy atom. The van der Waals surface area contributed by atoms with Gasteiger partial charge >= 0.3 is 0 Å². The SMILES string of the molecule is CN(Cc1cccc(Cl)c1)C(=O)c1ccc(NC(=O)c2ccco2)s1. The molecule has 5 nitrogen and oxygen atoms in total. The Morgan fingerprint density at radius 2 is 2.04 bits per heavy atom. The van der Waals surface area contributed by atoms with Crippen LogP contribution < -0.4 is 5.32 Å². The molecule has 3 aromatic rings. The molecule has 1 N–H and O–H groups in total. The number of nitrogens with zero attached hydrogens (tertiary/aromatic N) is 1. The highest BCUT2D eigenvalue weighted by atomic mass is 35.5. The van der Waals surface area contributed by atoms with E-state index in [4.69, 9.17) is 16.0 Å². The van der Waals surface area contributed by atoms with Crippen molar-refractivity contribution in [3.63, 3.8) is 0 Å². The summed E-state index contributed by atoms with van der Waals surface area (Å²) in [5, 5.41) is 3.93. The Hall–Kier alpha value is -2.57. The van der Waals surface area contributed by atoms with E-state index in [0.29, 0.717) is 21.4 Å². The van der Waals surface area contributed by atoms with Crippen LogP contribution in [0.15, 0.2) is 59.2 Å². The molecule has 128 valence electrons. The molecule has 0 aliphatic rings. The topological polar surface area (TPSA) is 62.6 Å². The van der Waals surface area contributed by atoms with E-state index < -0.39 is 0 Å². The predicted octanol–water partition coefficient (Wildman–Crippen LogP) is 4.52. The van der Waals surface area contributed by atoms with Gasteiger partial charge in [0.15, 0.2) is 5.76 Å². The number of benzene rings is 1. The van der Waals surface area contributed by atoms with Gasteiger partial charge in [-0.1, -0.05) is 23.7 Å². The number of carbonyl (C=O) groups is 2. The molecule has 0 atom stereocenters. The minimum absolute atomic E-state index is 0.122. The van der Waals surface area contributed by atoms with Crippen molar-refractivity contribution in [3.05, 3.63) is 76.0 Å². The Bertz CT molecular complexity index is 889. The molecule has 7 heteroatoms. The number of carbonyl (C=O) groups excluding carboxylic acids is 2. The summed E-state index contributed by atoms with van der Waals surface area (Å²) in [5.41, 5.74) is 0.950. The number of hydrogen-bond acceptors (Lipinski definition) is 4. The first-order chi connectivity index (χ1) is 12.0. The largest absolute Gasteiger partial charge is 0.459 e. The highest BCUT2D eigenvalue weighted by Crippen LogP contribution is 2.24. The molecule has 2 amide bonds. The zero-order valence-electron chi connectivity index (χ0n) is 13.4. The van der Waals surface area contributed by atoms with E-state index in [2.05, 4.69) is 5.32 Å². The lowest BCUT2D eigenvalue weighted by Crippen LogP contribution is -2.25. The molecule has 0 unspecified atom stereocenters. The van der Waals surface area contributed by atoms with Crippen LogP contribution in [0.5, 0.6) is 0 Å². The average Bonchev–Trinajstić information content (AvgIpc) is 3.26. The van der Waals surface area contributed by atoms with Crippen LogP contribution >= 0.6 is 22.9 Å². The number of nitrogens with one attached hydrogen (secondary N) is 1. The molecule has 25 heavy (non-hydrogen) atoms. The number of anilines is 1. The highest BCUT2D eigenvalue weighted by molar-refractivity contribution is 7.18. The molecule has 0 saturated heterocycles. The lowest BCUT2D eigenvalue weighted by molar-refractivity contribution is 0.0789. The first kappa shape index (κ1) is 17.3. The van der Waals surface area contributed by atoms with E-state index in [1.165, 1.54) is 17.6 Å². The average molecular weight is 375 g/mol. The fourth-order valence-corrected chi connectivity index (χ4v) is 3.38. The molecule has 0 aliphatic carbocycles. The van der Waals surface area contributed by atoms with Crippen molar-refractivity contribution < 1.29 is 14.0 Å². The number of rotatable bonds is 5. The summed E-state index contributed by atoms with van der Waals surface area (Å²) in [6.07, 6.45) is 1.43. The third-order valence-corrected chi connectivity index (χ3v) is 4.68. The third-order valence-electron chi connectivity index (χ3n) is 3.45. The molecular weight excluding hydrogens is 360 g/mol. The second kappa shape index (κ2) is 7.55. The second-order valence-corrected chi connectivity index (χ2v) is 6.91. The zero-order chi connectivity index (χ0) is 17.8. The van der Waals surface area contributed by atoms with Crippen LogP contribution in [-0.2, 0) is 6.54 Å². The minimum atomic E-state index is -0.349. The molecule has 0 fully saturated rings. The van der Waals surface area contributed by atoms with Crippen molar-refractivity contribution in [1.29, 1.82) is 0 Å². The molecule has 2 aromatic heterocycles. The van der Waals surface area contributed by atoms with Crippen LogP contribution in [0.25, 0.3) is 0 Å². The van der Waals surface area contributed by atoms with Crippen LogP contribution in [0.3, 0.4) is 0 Å². The van der Waals surface area contributed by atoms with Crippen molar-refractivity contribution in [1.82, 2.24) is 4.90 Å². The standard InChI is InChI=1S/C18H15ClN2O3S/c1-21(11-12-4-2-5-13(19)10-12)18(23)15-7-8-16(25-15)20-17(22)14-6-3-9-24-14/h2-10H,11H2,1H3,(H,20,22). The van der Waals surface area contributed by atoms with Gasteiger partial charge in [0, 0.05) is 18.6 Å². The van der Waals surface area contributed by atoms with Gasteiger partial charge in [0.1, 0.15) is 0 Å². The van der Waals surface area contributed by atoms with Gasteiger partial charge in [-0.05, 0) is 42.0 Å². The number of thiophene rings is 1. The molecular formula is C18H15ClN2O3S. The maximum Gasteiger partial charge on any atom is 0.291 e. The third kappa shape index (κ3) is 4.29. The van der Waals surface area contributed by atoms with Gasteiger partial charge in [0.05, 0.1) is 16.1 Å². The normalized spacial score (nSPS) is 10.5. The van der Waals surface area contributed by atoms with Crippen molar-refractivity contribution in [2.24, 2.45) is 0 Å². The van der Waals surface area contributed by atoms with Gasteiger partial charge in [0.2, 0.25) is 0 Å². The minimum Gasteiger partial charge on any atom is -0.459 e. The fraction of sp³-hybridized carbons (Fsp3) is 0.111. The molecule has 0 saturated carbocycles. The Balaban J connectivity index is 1.64. The van der Waals surface area contributed by atoms with Crippen LogP contribution in [0, 0.1) is 0 Å². The van der Waals surface area contributed by atoms with Gasteiger partial charge < -0.3 is 14.6 Å². The van der Waals surface area contributed by atoms with Gasteiger partial charge in [-0.25, -0.2) is 0 Å². The van der Waals surface area contributed by atoms with E-state index in [1.807, 2.05) is 18.2 Å². The lowest BCUT2D eigenvalue weighted by atomic mass is 10.2. The van der Waals surface area contributed by atoms with Crippen molar-refractivity contribution in [3.8, 4) is 0 Å². The van der Waals surface area contributed by atoms with Crippen molar-refractivity contribution in [2.75, 3.05) is 12.4 Å². The second-order valence-electron chi connectivity index (χ2n) is 5.39. The number of furan rings is 1. The Morgan fingerprint density at radius 1 is 1.20 bits per heavy atom. The van der Waals surface area contributed by atoms with Crippen molar-refractivity contribution in [2.45, 2.75) is 6.54 Å². The monoisotopic (exact) mass is 374 g/mol. The molecule has 1 aromatic carbocycles. The smallest absolute Gasteiger partial charge is 0.291 e. The van der Waals surface area contributed by atoms with E-state index >= 15 is 0 Å². The number of halogens is 1. The highest BCUT2D eigenvalue weighted by Gasteiger charge is 2.16. The summed E-state index contributed by atoms with van der Waals surface area (Å²) < 4.78 is 5.04. The van der Waals surface area contributed by atoms with Gasteiger partial charge in [-0.3, -0.25) is 9.59 Å². The summed E-state index contributed by atoms with van der Waals surface area (Å²) in [5.74, 6) is -0.249. The summed E-state index contributed by atoms with van der Waals surface area (Å²) >= 11 is 7.19. The first-order valence-corrected chi connectivity index (χ1v) is 8.67. The molecule has 3 rings (SSSR count). The summed E-state index contributed by atoms with van der Waals surface area (Å²) in [6.45, 7) is 0.450. The Kier molecular flexibility index (Phi) is 5.21. The fourth-order valence-electron chi connectivity index (χ4n) is 2.27. The van der Waals surface area contributed by atoms with Gasteiger partial charge in [-0.15, -0.1) is 11.3 Å². The molecule has 0 bridgehead atoms. The molecule has 0 radical (unpaired) electrons. The predicted molar refractivity (Wildman–Crippen MR) is 98.2 cm³/mol. The van der Waals surface area contributed by atoms with E-state index in [1.54, 1.807) is 42.3 Å². The lowest BCUT2D eigenvalue weighted by Gasteiger charge is -2.16.